The van der Waals surface area contributed by atoms with E-state index in [9.17, 15) is 34.2 Å². The zero-order valence-corrected chi connectivity index (χ0v) is 38.7. The van der Waals surface area contributed by atoms with Crippen LogP contribution in [0.1, 0.15) is 41.0 Å². The molecule has 0 saturated carbocycles. The van der Waals surface area contributed by atoms with Crippen LogP contribution in [0.2, 0.25) is 0 Å². The molecule has 0 radical (unpaired) electrons. The molecule has 21 heteroatoms. The molecule has 3 aliphatic rings. The van der Waals surface area contributed by atoms with Crippen molar-refractivity contribution < 1.29 is 67.0 Å². The smallest absolute Gasteiger partial charge is 0.490 e. The van der Waals surface area contributed by atoms with E-state index in [0.717, 1.165) is 42.1 Å². The van der Waals surface area contributed by atoms with Gasteiger partial charge in [0.05, 0.1) is 50.5 Å². The fourth-order valence-electron chi connectivity index (χ4n) is 8.73. The molecule has 8 rings (SSSR count). The van der Waals surface area contributed by atoms with Crippen molar-refractivity contribution in [2.75, 3.05) is 69.4 Å². The van der Waals surface area contributed by atoms with Crippen LogP contribution in [0.15, 0.2) is 115 Å². The number of carbonyl (C=O) groups is 2. The first kappa shape index (κ1) is 49.5. The highest BCUT2D eigenvalue weighted by Crippen LogP contribution is 2.37. The molecule has 0 aromatic heterocycles. The van der Waals surface area contributed by atoms with Gasteiger partial charge in [-0.1, -0.05) is 48.5 Å². The summed E-state index contributed by atoms with van der Waals surface area (Å²) in [5.74, 6) is 0.557. The van der Waals surface area contributed by atoms with Crippen molar-refractivity contribution in [1.82, 2.24) is 4.90 Å². The molecule has 3 heterocycles. The average Bonchev–Trinajstić information content (AvgIpc) is 3.84. The van der Waals surface area contributed by atoms with Crippen LogP contribution in [0.4, 0.5) is 25.4 Å². The maximum atomic E-state index is 14.1. The van der Waals surface area contributed by atoms with Crippen molar-refractivity contribution in [2.24, 2.45) is 0 Å². The van der Waals surface area contributed by atoms with Crippen molar-refractivity contribution in [1.29, 1.82) is 0 Å². The third-order valence-electron chi connectivity index (χ3n) is 12.1. The molecule has 2 fully saturated rings. The van der Waals surface area contributed by atoms with E-state index in [1.165, 1.54) is 65.6 Å². The van der Waals surface area contributed by atoms with Crippen LogP contribution in [0, 0.1) is 26.0 Å². The molecule has 0 N–H and O–H groups in total. The third-order valence-corrected chi connectivity index (χ3v) is 12.1. The Morgan fingerprint density at radius 1 is 0.746 bits per heavy atom. The van der Waals surface area contributed by atoms with Crippen LogP contribution in [-0.4, -0.2) is 105 Å². The van der Waals surface area contributed by atoms with Gasteiger partial charge < -0.3 is 57.5 Å². The lowest BCUT2D eigenvalue weighted by atomic mass is 9.84. The minimum atomic E-state index is -1.09. The lowest BCUT2D eigenvalue weighted by Crippen LogP contribution is -2.55. The first-order valence-corrected chi connectivity index (χ1v) is 22.9. The Hall–Kier alpha value is -7.91. The van der Waals surface area contributed by atoms with E-state index >= 15 is 0 Å². The van der Waals surface area contributed by atoms with Crippen molar-refractivity contribution in [3.05, 3.63) is 164 Å². The minimum Gasteiger partial charge on any atom is -0.490 e. The van der Waals surface area contributed by atoms with E-state index in [0.29, 0.717) is 55.3 Å². The van der Waals surface area contributed by atoms with E-state index < -0.39 is 40.5 Å². The molecule has 3 aliphatic heterocycles. The molecule has 2 saturated heterocycles. The second kappa shape index (κ2) is 23.6. The summed E-state index contributed by atoms with van der Waals surface area (Å²) in [5.41, 5.74) is 4.14. The summed E-state index contributed by atoms with van der Waals surface area (Å²) in [6.07, 6.45) is -2.41. The highest BCUT2D eigenvalue weighted by Gasteiger charge is 2.44. The number of benzene rings is 5. The molecular formula is C50H52FN5O15. The number of hydrogen-bond acceptors (Lipinski definition) is 17. The Kier molecular flexibility index (Phi) is 16.5. The molecular weight excluding hydrogens is 930 g/mol. The maximum absolute atomic E-state index is 14.1. The molecule has 0 aliphatic carbocycles. The van der Waals surface area contributed by atoms with Gasteiger partial charge in [0.15, 0.2) is 0 Å². The number of rotatable bonds is 20. The van der Waals surface area contributed by atoms with Crippen molar-refractivity contribution in [3.63, 3.8) is 0 Å². The molecule has 20 nitrogen and oxygen atoms in total. The van der Waals surface area contributed by atoms with Crippen LogP contribution in [0.25, 0.3) is 0 Å². The molecule has 0 spiro atoms. The molecule has 0 bridgehead atoms. The SMILES string of the molecule is COCCCN1CCOc2ccc(COC3CN(C(=O)Oc4ccc(CO[N+](=O)[O-])cc4)CC(OC(=O)Oc4ccc(CO[N+](=O)[O-])cc4)C3c3ccc(OC4CCN(c5cccc(F)c5)C4)cc3)cc21. The fourth-order valence-corrected chi connectivity index (χ4v) is 8.73. The van der Waals surface area contributed by atoms with Gasteiger partial charge in [-0.05, 0) is 95.4 Å². The molecule has 374 valence electrons. The van der Waals surface area contributed by atoms with Crippen LogP contribution >= 0.6 is 0 Å². The van der Waals surface area contributed by atoms with Gasteiger partial charge in [-0.2, -0.15) is 0 Å². The summed E-state index contributed by atoms with van der Waals surface area (Å²) >= 11 is 0. The largest absolute Gasteiger partial charge is 0.514 e. The summed E-state index contributed by atoms with van der Waals surface area (Å²) in [4.78, 5) is 63.8. The summed E-state index contributed by atoms with van der Waals surface area (Å²) in [7, 11) is 1.67. The van der Waals surface area contributed by atoms with Crippen LogP contribution in [0.3, 0.4) is 0 Å². The van der Waals surface area contributed by atoms with Gasteiger partial charge in [0, 0.05) is 38.9 Å². The normalized spacial score (nSPS) is 18.4. The Balaban J connectivity index is 1.06. The van der Waals surface area contributed by atoms with E-state index in [1.807, 2.05) is 48.5 Å². The van der Waals surface area contributed by atoms with Gasteiger partial charge in [-0.15, -0.1) is 20.2 Å². The number of anilines is 2. The van der Waals surface area contributed by atoms with Crippen molar-refractivity contribution in [3.8, 4) is 23.0 Å². The zero-order valence-electron chi connectivity index (χ0n) is 38.7. The molecule has 4 atom stereocenters. The number of piperidine rings is 1. The lowest BCUT2D eigenvalue weighted by Gasteiger charge is -2.42. The molecule has 5 aromatic carbocycles. The Morgan fingerprint density at radius 2 is 1.41 bits per heavy atom. The average molecular weight is 982 g/mol. The van der Waals surface area contributed by atoms with Gasteiger partial charge in [0.2, 0.25) is 0 Å². The molecule has 71 heavy (non-hydrogen) atoms. The maximum Gasteiger partial charge on any atom is 0.514 e. The zero-order chi connectivity index (χ0) is 49.7. The van der Waals surface area contributed by atoms with Gasteiger partial charge in [0.25, 0.3) is 10.2 Å². The second-order valence-corrected chi connectivity index (χ2v) is 16.9. The van der Waals surface area contributed by atoms with E-state index in [4.69, 9.17) is 33.2 Å². The standard InChI is InChI=1S/C50H52FN5O15/c1-63-24-3-21-52-23-25-64-45-19-10-36(26-44(45)52)31-65-46-29-54(49(57)69-41-13-6-34(7-14-41)32-66-55(59)60)30-47(71-50(58)70-42-15-8-35(9-16-42)33-67-56(61)62)48(46)37-11-17-40(18-12-37)68-43-20-22-53(28-43)39-5-2-4-38(51)27-39/h2,4-19,26-27,43,46-48H,3,20-25,28-33H2,1H3. The summed E-state index contributed by atoms with van der Waals surface area (Å²) < 4.78 is 56.0. The number of carbonyl (C=O) groups excluding carboxylic acids is 2. The summed E-state index contributed by atoms with van der Waals surface area (Å²) in [5, 5.41) is 19.6. The fraction of sp³-hybridized carbons (Fsp3) is 0.360. The third kappa shape index (κ3) is 13.7. The van der Waals surface area contributed by atoms with Gasteiger partial charge in [-0.3, -0.25) is 0 Å². The van der Waals surface area contributed by atoms with Gasteiger partial charge in [-0.25, -0.2) is 14.0 Å². The van der Waals surface area contributed by atoms with E-state index in [1.54, 1.807) is 13.2 Å². The number of methoxy groups -OCH3 is 1. The van der Waals surface area contributed by atoms with Crippen molar-refractivity contribution >= 4 is 23.6 Å². The number of fused-ring (bicyclic) bond motifs is 1. The Labute approximate surface area is 407 Å². The Bertz CT molecular complexity index is 2610. The quantitative estimate of drug-likeness (QED) is 0.0238. The first-order chi connectivity index (χ1) is 34.5. The number of amides is 1. The Morgan fingerprint density at radius 3 is 2.08 bits per heavy atom. The van der Waals surface area contributed by atoms with E-state index in [2.05, 4.69) is 19.5 Å². The molecule has 5 aromatic rings. The number of halogens is 1. The second-order valence-electron chi connectivity index (χ2n) is 16.9. The number of likely N-dealkylation sites (tertiary alicyclic amines) is 1. The predicted octanol–water partition coefficient (Wildman–Crippen LogP) is 7.90. The summed E-state index contributed by atoms with van der Waals surface area (Å²) in [6, 6.07) is 31.5. The predicted molar refractivity (Wildman–Crippen MR) is 251 cm³/mol. The van der Waals surface area contributed by atoms with Crippen LogP contribution in [0.5, 0.6) is 23.0 Å². The topological polar surface area (TPSA) is 213 Å². The van der Waals surface area contributed by atoms with Gasteiger partial charge in [0.1, 0.15) is 60.8 Å². The number of nitrogens with zero attached hydrogens (tertiary/aromatic N) is 5. The van der Waals surface area contributed by atoms with Gasteiger partial charge >= 0.3 is 12.2 Å². The highest BCUT2D eigenvalue weighted by molar-refractivity contribution is 5.71. The lowest BCUT2D eigenvalue weighted by molar-refractivity contribution is -0.763. The minimum absolute atomic E-state index is 0.00567. The summed E-state index contributed by atoms with van der Waals surface area (Å²) in [6.45, 7) is 3.16. The highest BCUT2D eigenvalue weighted by atomic mass is 19.1. The van der Waals surface area contributed by atoms with E-state index in [-0.39, 0.29) is 56.3 Å². The number of ether oxygens (including phenoxy) is 7. The monoisotopic (exact) mass is 981 g/mol. The van der Waals surface area contributed by atoms with Crippen LogP contribution in [-0.2, 0) is 43.7 Å². The van der Waals surface area contributed by atoms with Crippen molar-refractivity contribution in [2.45, 2.75) is 56.9 Å². The molecule has 4 unspecified atom stereocenters. The number of hydrogen-bond donors (Lipinski definition) is 0. The van der Waals surface area contributed by atoms with Crippen LogP contribution < -0.4 is 28.7 Å². The first-order valence-electron chi connectivity index (χ1n) is 22.9. The molecule has 1 amide bonds.